The van der Waals surface area contributed by atoms with E-state index in [-0.39, 0.29) is 25.3 Å². The molecule has 114 valence electrons. The fourth-order valence-electron chi connectivity index (χ4n) is 2.38. The van der Waals surface area contributed by atoms with Crippen LogP contribution in [0.4, 0.5) is 9.18 Å². The average Bonchev–Trinajstić information content (AvgIpc) is 2.83. The van der Waals surface area contributed by atoms with Crippen molar-refractivity contribution in [3.8, 4) is 0 Å². The molecule has 0 radical (unpaired) electrons. The molecule has 3 N–H and O–H groups in total. The van der Waals surface area contributed by atoms with Gasteiger partial charge in [-0.15, -0.1) is 0 Å². The lowest BCUT2D eigenvalue weighted by molar-refractivity contribution is -0.141. The lowest BCUT2D eigenvalue weighted by atomic mass is 10.1. The second kappa shape index (κ2) is 6.53. The van der Waals surface area contributed by atoms with Crippen LogP contribution in [0, 0.1) is 5.82 Å². The van der Waals surface area contributed by atoms with E-state index in [2.05, 4.69) is 5.32 Å². The molecule has 2 amide bonds. The van der Waals surface area contributed by atoms with Crippen LogP contribution in [0.15, 0.2) is 24.3 Å². The van der Waals surface area contributed by atoms with E-state index in [0.29, 0.717) is 12.0 Å². The molecule has 1 aromatic rings. The molecule has 1 aliphatic rings. The molecule has 0 unspecified atom stereocenters. The van der Waals surface area contributed by atoms with Gasteiger partial charge < -0.3 is 20.4 Å². The molecule has 1 fully saturated rings. The fourth-order valence-corrected chi connectivity index (χ4v) is 2.38. The molecule has 0 aliphatic carbocycles. The topological polar surface area (TPSA) is 89.9 Å². The van der Waals surface area contributed by atoms with Crippen molar-refractivity contribution in [1.82, 2.24) is 10.2 Å². The maximum Gasteiger partial charge on any atom is 0.326 e. The SMILES string of the molecule is O=C(O)[C@@H]1C[C@@H](O)CN1C(=O)NCCc1ccccc1F. The van der Waals surface area contributed by atoms with Crippen molar-refractivity contribution in [1.29, 1.82) is 0 Å². The number of rotatable bonds is 4. The van der Waals surface area contributed by atoms with E-state index in [1.807, 2.05) is 0 Å². The van der Waals surface area contributed by atoms with Gasteiger partial charge in [-0.3, -0.25) is 0 Å². The second-order valence-corrected chi connectivity index (χ2v) is 4.97. The lowest BCUT2D eigenvalue weighted by Crippen LogP contribution is -2.46. The van der Waals surface area contributed by atoms with Crippen LogP contribution in [0.25, 0.3) is 0 Å². The Hall–Kier alpha value is -2.15. The van der Waals surface area contributed by atoms with Crippen molar-refractivity contribution in [2.24, 2.45) is 0 Å². The quantitative estimate of drug-likeness (QED) is 0.759. The molecule has 7 heteroatoms. The zero-order valence-electron chi connectivity index (χ0n) is 11.3. The standard InChI is InChI=1S/C14H17FN2O4/c15-11-4-2-1-3-9(11)5-6-16-14(21)17-8-10(18)7-12(17)13(19)20/h1-4,10,12,18H,5-8H2,(H,16,21)(H,19,20)/t10-,12+/m1/s1. The first-order chi connectivity index (χ1) is 9.99. The number of nitrogens with one attached hydrogen (secondary N) is 1. The number of aliphatic hydroxyl groups is 1. The Morgan fingerprint density at radius 2 is 2.10 bits per heavy atom. The number of nitrogens with zero attached hydrogens (tertiary/aromatic N) is 1. The minimum atomic E-state index is -1.14. The smallest absolute Gasteiger partial charge is 0.326 e. The fraction of sp³-hybridized carbons (Fsp3) is 0.429. The van der Waals surface area contributed by atoms with Crippen LogP contribution in [-0.4, -0.2) is 52.3 Å². The first kappa shape index (κ1) is 15.2. The molecule has 1 aliphatic heterocycles. The van der Waals surface area contributed by atoms with Crippen LogP contribution in [0.1, 0.15) is 12.0 Å². The molecule has 0 saturated carbocycles. The first-order valence-corrected chi connectivity index (χ1v) is 6.67. The molecule has 1 saturated heterocycles. The van der Waals surface area contributed by atoms with E-state index < -0.39 is 24.1 Å². The molecule has 21 heavy (non-hydrogen) atoms. The van der Waals surface area contributed by atoms with Gasteiger partial charge >= 0.3 is 12.0 Å². The number of carboxylic acid groups (broad SMARTS) is 1. The van der Waals surface area contributed by atoms with Gasteiger partial charge in [0.1, 0.15) is 11.9 Å². The number of urea groups is 1. The molecule has 1 aromatic carbocycles. The number of carbonyl (C=O) groups is 2. The maximum absolute atomic E-state index is 13.4. The molecule has 6 nitrogen and oxygen atoms in total. The van der Waals surface area contributed by atoms with E-state index >= 15 is 0 Å². The largest absolute Gasteiger partial charge is 0.480 e. The summed E-state index contributed by atoms with van der Waals surface area (Å²) < 4.78 is 13.4. The third kappa shape index (κ3) is 3.69. The third-order valence-electron chi connectivity index (χ3n) is 3.45. The number of hydrogen-bond donors (Lipinski definition) is 3. The van der Waals surface area contributed by atoms with Gasteiger partial charge in [-0.25, -0.2) is 14.0 Å². The molecule has 0 spiro atoms. The highest BCUT2D eigenvalue weighted by molar-refractivity contribution is 5.83. The first-order valence-electron chi connectivity index (χ1n) is 6.67. The van der Waals surface area contributed by atoms with Gasteiger partial charge in [-0.1, -0.05) is 18.2 Å². The zero-order chi connectivity index (χ0) is 15.4. The predicted octanol–water partition coefficient (Wildman–Crippen LogP) is 0.598. The minimum absolute atomic E-state index is 0.0114. The number of aliphatic carboxylic acids is 1. The van der Waals surface area contributed by atoms with Gasteiger partial charge in [0.05, 0.1) is 6.10 Å². The third-order valence-corrected chi connectivity index (χ3v) is 3.45. The number of hydrogen-bond acceptors (Lipinski definition) is 3. The molecule has 2 rings (SSSR count). The Labute approximate surface area is 121 Å². The summed E-state index contributed by atoms with van der Waals surface area (Å²) in [4.78, 5) is 24.0. The maximum atomic E-state index is 13.4. The highest BCUT2D eigenvalue weighted by atomic mass is 19.1. The predicted molar refractivity (Wildman–Crippen MR) is 72.3 cm³/mol. The van der Waals surface area contributed by atoms with Gasteiger partial charge in [0.25, 0.3) is 0 Å². The Morgan fingerprint density at radius 3 is 2.76 bits per heavy atom. The Bertz CT molecular complexity index is 537. The van der Waals surface area contributed by atoms with Gasteiger partial charge in [0.15, 0.2) is 0 Å². The lowest BCUT2D eigenvalue weighted by Gasteiger charge is -2.21. The monoisotopic (exact) mass is 296 g/mol. The molecular formula is C14H17FN2O4. The van der Waals surface area contributed by atoms with Crippen LogP contribution >= 0.6 is 0 Å². The van der Waals surface area contributed by atoms with E-state index in [4.69, 9.17) is 5.11 Å². The van der Waals surface area contributed by atoms with Gasteiger partial charge in [-0.2, -0.15) is 0 Å². The zero-order valence-corrected chi connectivity index (χ0v) is 11.3. The Balaban J connectivity index is 1.87. The average molecular weight is 296 g/mol. The number of β-amino-alcohol motifs (C(OH)–C–C–N with tert-alkyl or cyclic N) is 1. The number of carboxylic acids is 1. The minimum Gasteiger partial charge on any atom is -0.480 e. The summed E-state index contributed by atoms with van der Waals surface area (Å²) in [6.45, 7) is 0.182. The number of halogens is 1. The van der Waals surface area contributed by atoms with Crippen LogP contribution in [0.3, 0.4) is 0 Å². The van der Waals surface area contributed by atoms with Crippen LogP contribution in [0.2, 0.25) is 0 Å². The molecule has 0 aromatic heterocycles. The van der Waals surface area contributed by atoms with Gasteiger partial charge in [0, 0.05) is 19.5 Å². The molecule has 0 bridgehead atoms. The summed E-state index contributed by atoms with van der Waals surface area (Å²) in [6, 6.07) is 4.68. The number of likely N-dealkylation sites (tertiary alicyclic amines) is 1. The summed E-state index contributed by atoms with van der Waals surface area (Å²) >= 11 is 0. The van der Waals surface area contributed by atoms with Crippen molar-refractivity contribution in [2.75, 3.05) is 13.1 Å². The van der Waals surface area contributed by atoms with Crippen LogP contribution < -0.4 is 5.32 Å². The molecular weight excluding hydrogens is 279 g/mol. The summed E-state index contributed by atoms with van der Waals surface area (Å²) in [7, 11) is 0. The van der Waals surface area contributed by atoms with Crippen molar-refractivity contribution in [3.63, 3.8) is 0 Å². The van der Waals surface area contributed by atoms with E-state index in [9.17, 15) is 19.1 Å². The Kier molecular flexibility index (Phi) is 4.74. The van der Waals surface area contributed by atoms with Crippen LogP contribution in [-0.2, 0) is 11.2 Å². The number of carbonyl (C=O) groups excluding carboxylic acids is 1. The van der Waals surface area contributed by atoms with E-state index in [1.54, 1.807) is 18.2 Å². The van der Waals surface area contributed by atoms with Crippen LogP contribution in [0.5, 0.6) is 0 Å². The Morgan fingerprint density at radius 1 is 1.38 bits per heavy atom. The highest BCUT2D eigenvalue weighted by Gasteiger charge is 2.38. The van der Waals surface area contributed by atoms with E-state index in [0.717, 1.165) is 4.90 Å². The van der Waals surface area contributed by atoms with E-state index in [1.165, 1.54) is 6.07 Å². The highest BCUT2D eigenvalue weighted by Crippen LogP contribution is 2.18. The van der Waals surface area contributed by atoms with Crippen molar-refractivity contribution in [3.05, 3.63) is 35.6 Å². The number of aliphatic hydroxyl groups excluding tert-OH is 1. The second-order valence-electron chi connectivity index (χ2n) is 4.97. The summed E-state index contributed by atoms with van der Waals surface area (Å²) in [5, 5.41) is 21.0. The van der Waals surface area contributed by atoms with Crippen molar-refractivity contribution < 1.29 is 24.2 Å². The van der Waals surface area contributed by atoms with Crippen molar-refractivity contribution in [2.45, 2.75) is 25.0 Å². The summed E-state index contributed by atoms with van der Waals surface area (Å²) in [5.74, 6) is -1.48. The number of amides is 2. The molecule has 1 heterocycles. The van der Waals surface area contributed by atoms with Gasteiger partial charge in [-0.05, 0) is 18.1 Å². The number of benzene rings is 1. The van der Waals surface area contributed by atoms with Crippen molar-refractivity contribution >= 4 is 12.0 Å². The normalized spacial score (nSPS) is 21.3. The van der Waals surface area contributed by atoms with Gasteiger partial charge in [0.2, 0.25) is 0 Å². The molecule has 2 atom stereocenters. The summed E-state index contributed by atoms with van der Waals surface area (Å²) in [5.41, 5.74) is 0.481. The summed E-state index contributed by atoms with van der Waals surface area (Å²) in [6.07, 6.45) is -0.494.